The standard InChI is InChI=1S/C16H16O3/c17-12-5-1-3-10(7-12)13-6-2-4-11-8-15(18)16(19)9-14(11)13/h1,3,5,7-9,13,17-19H,2,4,6H2. The van der Waals surface area contributed by atoms with E-state index in [0.717, 1.165) is 36.0 Å². The van der Waals surface area contributed by atoms with Gasteiger partial charge in [-0.1, -0.05) is 12.1 Å². The second-order valence-electron chi connectivity index (χ2n) is 5.08. The molecule has 1 atom stereocenters. The van der Waals surface area contributed by atoms with E-state index in [2.05, 4.69) is 0 Å². The van der Waals surface area contributed by atoms with Crippen molar-refractivity contribution >= 4 is 0 Å². The number of phenols is 3. The van der Waals surface area contributed by atoms with Crippen molar-refractivity contribution in [1.82, 2.24) is 0 Å². The molecule has 3 rings (SSSR count). The van der Waals surface area contributed by atoms with Crippen molar-refractivity contribution < 1.29 is 15.3 Å². The van der Waals surface area contributed by atoms with Crippen LogP contribution in [-0.2, 0) is 6.42 Å². The van der Waals surface area contributed by atoms with Gasteiger partial charge in [0.2, 0.25) is 0 Å². The molecule has 0 spiro atoms. The van der Waals surface area contributed by atoms with E-state index in [4.69, 9.17) is 0 Å². The van der Waals surface area contributed by atoms with Gasteiger partial charge in [-0.15, -0.1) is 0 Å². The van der Waals surface area contributed by atoms with E-state index in [9.17, 15) is 15.3 Å². The van der Waals surface area contributed by atoms with Gasteiger partial charge in [-0.3, -0.25) is 0 Å². The number of aromatic hydroxyl groups is 3. The molecule has 0 radical (unpaired) electrons. The number of benzene rings is 2. The molecule has 1 aliphatic carbocycles. The molecule has 3 heteroatoms. The Morgan fingerprint density at radius 1 is 0.947 bits per heavy atom. The Morgan fingerprint density at radius 2 is 1.74 bits per heavy atom. The molecule has 0 aromatic heterocycles. The van der Waals surface area contributed by atoms with Crippen LogP contribution in [-0.4, -0.2) is 15.3 Å². The topological polar surface area (TPSA) is 60.7 Å². The molecule has 0 fully saturated rings. The average molecular weight is 256 g/mol. The zero-order valence-electron chi connectivity index (χ0n) is 10.5. The fraction of sp³-hybridized carbons (Fsp3) is 0.250. The Labute approximate surface area is 111 Å². The molecular formula is C16H16O3. The summed E-state index contributed by atoms with van der Waals surface area (Å²) in [6.07, 6.45) is 2.94. The van der Waals surface area contributed by atoms with Crippen molar-refractivity contribution in [2.75, 3.05) is 0 Å². The van der Waals surface area contributed by atoms with Crippen molar-refractivity contribution in [1.29, 1.82) is 0 Å². The Morgan fingerprint density at radius 3 is 2.53 bits per heavy atom. The van der Waals surface area contributed by atoms with E-state index in [1.54, 1.807) is 24.3 Å². The lowest BCUT2D eigenvalue weighted by Crippen LogP contribution is -2.10. The van der Waals surface area contributed by atoms with Gasteiger partial charge in [0.1, 0.15) is 5.75 Å². The Balaban J connectivity index is 2.10. The summed E-state index contributed by atoms with van der Waals surface area (Å²) in [4.78, 5) is 0. The summed E-state index contributed by atoms with van der Waals surface area (Å²) in [6, 6.07) is 10.5. The maximum atomic E-state index is 9.70. The van der Waals surface area contributed by atoms with Crippen LogP contribution in [0.25, 0.3) is 0 Å². The van der Waals surface area contributed by atoms with E-state index in [0.29, 0.717) is 0 Å². The molecule has 0 saturated heterocycles. The van der Waals surface area contributed by atoms with Crippen LogP contribution in [0.1, 0.15) is 35.4 Å². The molecule has 19 heavy (non-hydrogen) atoms. The molecule has 2 aromatic rings. The van der Waals surface area contributed by atoms with Crippen molar-refractivity contribution in [2.24, 2.45) is 0 Å². The monoisotopic (exact) mass is 256 g/mol. The van der Waals surface area contributed by atoms with Gasteiger partial charge in [-0.2, -0.15) is 0 Å². The van der Waals surface area contributed by atoms with Crippen LogP contribution in [0.2, 0.25) is 0 Å². The summed E-state index contributed by atoms with van der Waals surface area (Å²) < 4.78 is 0. The van der Waals surface area contributed by atoms with Gasteiger partial charge in [-0.05, 0) is 60.2 Å². The van der Waals surface area contributed by atoms with Crippen molar-refractivity contribution in [3.05, 3.63) is 53.1 Å². The lowest BCUT2D eigenvalue weighted by atomic mass is 9.78. The van der Waals surface area contributed by atoms with Gasteiger partial charge in [0.15, 0.2) is 11.5 Å². The third-order valence-electron chi connectivity index (χ3n) is 3.82. The van der Waals surface area contributed by atoms with Crippen LogP contribution >= 0.6 is 0 Å². The molecule has 1 aliphatic rings. The van der Waals surface area contributed by atoms with E-state index in [1.807, 2.05) is 12.1 Å². The average Bonchev–Trinajstić information content (AvgIpc) is 2.39. The summed E-state index contributed by atoms with van der Waals surface area (Å²) >= 11 is 0. The number of fused-ring (bicyclic) bond motifs is 1. The van der Waals surface area contributed by atoms with Crippen molar-refractivity contribution in [3.63, 3.8) is 0 Å². The first-order valence-electron chi connectivity index (χ1n) is 6.49. The third kappa shape index (κ3) is 2.12. The zero-order chi connectivity index (χ0) is 13.4. The maximum absolute atomic E-state index is 9.70. The van der Waals surface area contributed by atoms with Crippen LogP contribution < -0.4 is 0 Å². The fourth-order valence-corrected chi connectivity index (χ4v) is 2.92. The molecule has 0 saturated carbocycles. The molecular weight excluding hydrogens is 240 g/mol. The van der Waals surface area contributed by atoms with E-state index >= 15 is 0 Å². The van der Waals surface area contributed by atoms with Gasteiger partial charge in [-0.25, -0.2) is 0 Å². The molecule has 1 unspecified atom stereocenters. The lowest BCUT2D eigenvalue weighted by molar-refractivity contribution is 0.401. The molecule has 2 aromatic carbocycles. The third-order valence-corrected chi connectivity index (χ3v) is 3.82. The largest absolute Gasteiger partial charge is 0.508 e. The van der Waals surface area contributed by atoms with Crippen LogP contribution in [0.15, 0.2) is 36.4 Å². The van der Waals surface area contributed by atoms with E-state index < -0.39 is 0 Å². The number of hydrogen-bond donors (Lipinski definition) is 3. The zero-order valence-corrected chi connectivity index (χ0v) is 10.5. The minimum Gasteiger partial charge on any atom is -0.508 e. The number of phenolic OH excluding ortho intramolecular Hbond substituents is 3. The Bertz CT molecular complexity index is 619. The number of aryl methyl sites for hydroxylation is 1. The van der Waals surface area contributed by atoms with Gasteiger partial charge in [0.25, 0.3) is 0 Å². The second-order valence-corrected chi connectivity index (χ2v) is 5.08. The normalized spacial score (nSPS) is 18.0. The quantitative estimate of drug-likeness (QED) is 0.686. The Hall–Kier alpha value is -2.16. The fourth-order valence-electron chi connectivity index (χ4n) is 2.92. The predicted molar refractivity (Wildman–Crippen MR) is 72.7 cm³/mol. The van der Waals surface area contributed by atoms with Crippen LogP contribution in [0.5, 0.6) is 17.2 Å². The summed E-state index contributed by atoms with van der Waals surface area (Å²) in [6.45, 7) is 0. The second kappa shape index (κ2) is 4.50. The van der Waals surface area contributed by atoms with Crippen LogP contribution in [0.4, 0.5) is 0 Å². The highest BCUT2D eigenvalue weighted by Crippen LogP contribution is 2.41. The highest BCUT2D eigenvalue weighted by atomic mass is 16.3. The summed E-state index contributed by atoms with van der Waals surface area (Å²) in [5.41, 5.74) is 3.17. The minimum absolute atomic E-state index is 0.0599. The van der Waals surface area contributed by atoms with Gasteiger partial charge in [0.05, 0.1) is 0 Å². The molecule has 3 nitrogen and oxygen atoms in total. The summed E-state index contributed by atoms with van der Waals surface area (Å²) in [5, 5.41) is 28.9. The Kier molecular flexibility index (Phi) is 2.82. The summed E-state index contributed by atoms with van der Waals surface area (Å²) in [5.74, 6) is 0.288. The first-order chi connectivity index (χ1) is 9.15. The molecule has 0 amide bonds. The minimum atomic E-state index is -0.0780. The van der Waals surface area contributed by atoms with Crippen LogP contribution in [0.3, 0.4) is 0 Å². The molecule has 0 bridgehead atoms. The van der Waals surface area contributed by atoms with Crippen molar-refractivity contribution in [2.45, 2.75) is 25.2 Å². The van der Waals surface area contributed by atoms with Gasteiger partial charge >= 0.3 is 0 Å². The highest BCUT2D eigenvalue weighted by Gasteiger charge is 2.23. The van der Waals surface area contributed by atoms with Gasteiger partial charge < -0.3 is 15.3 Å². The highest BCUT2D eigenvalue weighted by molar-refractivity contribution is 5.50. The first-order valence-corrected chi connectivity index (χ1v) is 6.49. The van der Waals surface area contributed by atoms with Gasteiger partial charge in [0, 0.05) is 5.92 Å². The maximum Gasteiger partial charge on any atom is 0.157 e. The van der Waals surface area contributed by atoms with Crippen LogP contribution in [0, 0.1) is 0 Å². The summed E-state index contributed by atoms with van der Waals surface area (Å²) in [7, 11) is 0. The number of rotatable bonds is 1. The first kappa shape index (κ1) is 11.9. The predicted octanol–water partition coefficient (Wildman–Crippen LogP) is 3.27. The molecule has 98 valence electrons. The smallest absolute Gasteiger partial charge is 0.157 e. The SMILES string of the molecule is Oc1cccc(C2CCCc3cc(O)c(O)cc32)c1. The van der Waals surface area contributed by atoms with Crippen molar-refractivity contribution in [3.8, 4) is 17.2 Å². The molecule has 0 aliphatic heterocycles. The van der Waals surface area contributed by atoms with E-state index in [-0.39, 0.29) is 23.2 Å². The van der Waals surface area contributed by atoms with E-state index in [1.165, 1.54) is 0 Å². The molecule has 0 heterocycles. The molecule has 3 N–H and O–H groups in total. The number of hydrogen-bond acceptors (Lipinski definition) is 3. The lowest BCUT2D eigenvalue weighted by Gasteiger charge is -2.26.